The first-order valence-corrected chi connectivity index (χ1v) is 9.47. The molecule has 0 unspecified atom stereocenters. The normalized spacial score (nSPS) is 15.2. The van der Waals surface area contributed by atoms with Crippen molar-refractivity contribution in [3.8, 4) is 0 Å². The predicted molar refractivity (Wildman–Crippen MR) is 105 cm³/mol. The predicted octanol–water partition coefficient (Wildman–Crippen LogP) is 2.17. The zero-order valence-corrected chi connectivity index (χ0v) is 16.0. The molecule has 0 bridgehead atoms. The first-order chi connectivity index (χ1) is 12.6. The summed E-state index contributed by atoms with van der Waals surface area (Å²) in [5.74, 6) is 1.03. The number of nitrogens with zero attached hydrogens (tertiary/aromatic N) is 4. The first-order valence-electron chi connectivity index (χ1n) is 9.09. The Balaban J connectivity index is 1.32. The van der Waals surface area contributed by atoms with E-state index in [9.17, 15) is 4.79 Å². The molecule has 1 aromatic carbocycles. The van der Waals surface area contributed by atoms with E-state index in [1.54, 1.807) is 6.20 Å². The van der Waals surface area contributed by atoms with Gasteiger partial charge in [0.1, 0.15) is 5.82 Å². The van der Waals surface area contributed by atoms with Crippen molar-refractivity contribution >= 4 is 23.2 Å². The van der Waals surface area contributed by atoms with E-state index in [4.69, 9.17) is 11.6 Å². The highest BCUT2D eigenvalue weighted by atomic mass is 35.5. The molecule has 2 heterocycles. The van der Waals surface area contributed by atoms with Gasteiger partial charge in [-0.1, -0.05) is 17.7 Å². The molecule has 0 spiro atoms. The van der Waals surface area contributed by atoms with Crippen molar-refractivity contribution in [1.82, 2.24) is 19.8 Å². The van der Waals surface area contributed by atoms with Crippen molar-refractivity contribution in [3.05, 3.63) is 47.5 Å². The molecular formula is C19H26ClN5O. The number of aromatic nitrogens is 2. The molecule has 140 valence electrons. The van der Waals surface area contributed by atoms with Crippen LogP contribution in [0.5, 0.6) is 0 Å². The summed E-state index contributed by atoms with van der Waals surface area (Å²) in [6, 6.07) is 8.01. The van der Waals surface area contributed by atoms with Gasteiger partial charge in [0.15, 0.2) is 0 Å². The number of carbonyl (C=O) groups excluding carboxylic acids is 1. The quantitative estimate of drug-likeness (QED) is 0.805. The van der Waals surface area contributed by atoms with Crippen molar-refractivity contribution < 1.29 is 4.79 Å². The van der Waals surface area contributed by atoms with Gasteiger partial charge in [-0.2, -0.15) is 0 Å². The van der Waals surface area contributed by atoms with Gasteiger partial charge in [0.2, 0.25) is 5.91 Å². The monoisotopic (exact) mass is 375 g/mol. The minimum absolute atomic E-state index is 0.0932. The molecular weight excluding hydrogens is 350 g/mol. The van der Waals surface area contributed by atoms with Gasteiger partial charge in [-0.05, 0) is 25.1 Å². The van der Waals surface area contributed by atoms with Gasteiger partial charge in [-0.15, -0.1) is 0 Å². The summed E-state index contributed by atoms with van der Waals surface area (Å²) < 4.78 is 1.99. The Labute approximate surface area is 159 Å². The molecule has 1 aromatic heterocycles. The zero-order chi connectivity index (χ0) is 18.4. The number of rotatable bonds is 7. The lowest BCUT2D eigenvalue weighted by Crippen LogP contribution is -2.48. The lowest BCUT2D eigenvalue weighted by Gasteiger charge is -2.36. The van der Waals surface area contributed by atoms with Crippen molar-refractivity contribution in [3.63, 3.8) is 0 Å². The van der Waals surface area contributed by atoms with Crippen molar-refractivity contribution in [1.29, 1.82) is 0 Å². The molecule has 0 radical (unpaired) electrons. The lowest BCUT2D eigenvalue weighted by molar-refractivity contribution is -0.121. The summed E-state index contributed by atoms with van der Waals surface area (Å²) in [6.07, 6.45) is 4.15. The minimum atomic E-state index is 0.0932. The number of hydrogen-bond acceptors (Lipinski definition) is 4. The molecule has 1 aliphatic heterocycles. The fraction of sp³-hybridized carbons (Fsp3) is 0.474. The van der Waals surface area contributed by atoms with Crippen LogP contribution in [0.25, 0.3) is 0 Å². The molecule has 1 saturated heterocycles. The number of imidazole rings is 1. The molecule has 1 fully saturated rings. The summed E-state index contributed by atoms with van der Waals surface area (Å²) in [7, 11) is 0. The number of aryl methyl sites for hydroxylation is 2. The average Bonchev–Trinajstić information content (AvgIpc) is 3.05. The van der Waals surface area contributed by atoms with Gasteiger partial charge in [0.25, 0.3) is 0 Å². The van der Waals surface area contributed by atoms with Gasteiger partial charge >= 0.3 is 0 Å². The number of carbonyl (C=O) groups is 1. The fourth-order valence-corrected chi connectivity index (χ4v) is 3.39. The van der Waals surface area contributed by atoms with Gasteiger partial charge in [-0.3, -0.25) is 9.69 Å². The van der Waals surface area contributed by atoms with Crippen LogP contribution in [-0.4, -0.2) is 59.6 Å². The number of hydrogen-bond donors (Lipinski definition) is 1. The minimum Gasteiger partial charge on any atom is -0.369 e. The van der Waals surface area contributed by atoms with Crippen LogP contribution in [0.1, 0.15) is 12.2 Å². The molecule has 0 saturated carbocycles. The zero-order valence-electron chi connectivity index (χ0n) is 15.2. The third-order valence-corrected chi connectivity index (χ3v) is 5.03. The van der Waals surface area contributed by atoms with Gasteiger partial charge in [0, 0.05) is 75.3 Å². The van der Waals surface area contributed by atoms with Crippen LogP contribution in [0, 0.1) is 6.92 Å². The molecule has 0 atom stereocenters. The molecule has 26 heavy (non-hydrogen) atoms. The number of halogens is 1. The van der Waals surface area contributed by atoms with Crippen molar-refractivity contribution in [2.45, 2.75) is 19.9 Å². The summed E-state index contributed by atoms with van der Waals surface area (Å²) in [5, 5.41) is 3.79. The highest BCUT2D eigenvalue weighted by Gasteiger charge is 2.17. The molecule has 1 aliphatic rings. The standard InChI is InChI=1S/C19H26ClN5O/c1-16-21-7-10-24(16)8-5-19(26)22-6-9-23-11-13-25(14-12-23)18-4-2-3-17(20)15-18/h2-4,7,10,15H,5-6,8-9,11-14H2,1H3,(H,22,26). The fourth-order valence-electron chi connectivity index (χ4n) is 3.21. The van der Waals surface area contributed by atoms with E-state index in [1.807, 2.05) is 35.9 Å². The van der Waals surface area contributed by atoms with E-state index in [-0.39, 0.29) is 5.91 Å². The second-order valence-electron chi connectivity index (χ2n) is 6.58. The highest BCUT2D eigenvalue weighted by molar-refractivity contribution is 6.30. The molecule has 1 amide bonds. The maximum absolute atomic E-state index is 12.0. The van der Waals surface area contributed by atoms with Crippen LogP contribution in [0.3, 0.4) is 0 Å². The van der Waals surface area contributed by atoms with Crippen LogP contribution >= 0.6 is 11.6 Å². The van der Waals surface area contributed by atoms with Crippen LogP contribution in [0.2, 0.25) is 5.02 Å². The lowest BCUT2D eigenvalue weighted by atomic mass is 10.2. The summed E-state index contributed by atoms with van der Waals surface area (Å²) in [4.78, 5) is 20.9. The van der Waals surface area contributed by atoms with Gasteiger partial charge < -0.3 is 14.8 Å². The van der Waals surface area contributed by atoms with Gasteiger partial charge in [0.05, 0.1) is 0 Å². The molecule has 3 rings (SSSR count). The van der Waals surface area contributed by atoms with E-state index in [0.717, 1.165) is 43.6 Å². The molecule has 7 heteroatoms. The Morgan fingerprint density at radius 3 is 2.73 bits per heavy atom. The van der Waals surface area contributed by atoms with E-state index in [0.29, 0.717) is 19.5 Å². The number of benzene rings is 1. The van der Waals surface area contributed by atoms with Crippen molar-refractivity contribution in [2.24, 2.45) is 0 Å². The summed E-state index contributed by atoms with van der Waals surface area (Å²) >= 11 is 6.08. The molecule has 2 aromatic rings. The van der Waals surface area contributed by atoms with E-state index in [1.165, 1.54) is 5.69 Å². The topological polar surface area (TPSA) is 53.4 Å². The van der Waals surface area contributed by atoms with Crippen LogP contribution in [0.15, 0.2) is 36.7 Å². The second-order valence-corrected chi connectivity index (χ2v) is 7.01. The first kappa shape index (κ1) is 18.7. The maximum Gasteiger partial charge on any atom is 0.221 e. The smallest absolute Gasteiger partial charge is 0.221 e. The third-order valence-electron chi connectivity index (χ3n) is 4.80. The number of piperazine rings is 1. The number of anilines is 1. The third kappa shape index (κ3) is 5.22. The number of amides is 1. The second kappa shape index (κ2) is 9.05. The Bertz CT molecular complexity index is 724. The Kier molecular flexibility index (Phi) is 6.52. The van der Waals surface area contributed by atoms with E-state index < -0.39 is 0 Å². The molecule has 6 nitrogen and oxygen atoms in total. The molecule has 1 N–H and O–H groups in total. The maximum atomic E-state index is 12.0. The van der Waals surface area contributed by atoms with E-state index in [2.05, 4.69) is 26.2 Å². The Morgan fingerprint density at radius 1 is 1.23 bits per heavy atom. The van der Waals surface area contributed by atoms with E-state index >= 15 is 0 Å². The van der Waals surface area contributed by atoms with Crippen LogP contribution in [-0.2, 0) is 11.3 Å². The van der Waals surface area contributed by atoms with Crippen LogP contribution in [0.4, 0.5) is 5.69 Å². The van der Waals surface area contributed by atoms with Crippen LogP contribution < -0.4 is 10.2 Å². The SMILES string of the molecule is Cc1nccn1CCC(=O)NCCN1CCN(c2cccc(Cl)c2)CC1. The Morgan fingerprint density at radius 2 is 2.04 bits per heavy atom. The highest BCUT2D eigenvalue weighted by Crippen LogP contribution is 2.20. The van der Waals surface area contributed by atoms with Crippen molar-refractivity contribution in [2.75, 3.05) is 44.2 Å². The van der Waals surface area contributed by atoms with Gasteiger partial charge in [-0.25, -0.2) is 4.98 Å². The molecule has 0 aliphatic carbocycles. The largest absolute Gasteiger partial charge is 0.369 e. The summed E-state index contributed by atoms with van der Waals surface area (Å²) in [6.45, 7) is 8.16. The Hall–Kier alpha value is -2.05. The average molecular weight is 376 g/mol. The number of nitrogens with one attached hydrogen (secondary N) is 1. The summed E-state index contributed by atoms with van der Waals surface area (Å²) in [5.41, 5.74) is 1.18.